The van der Waals surface area contributed by atoms with E-state index in [1.54, 1.807) is 0 Å². The smallest absolute Gasteiger partial charge is 0.370 e. The average molecular weight is 250 g/mol. The number of furan rings is 1. The second kappa shape index (κ2) is 6.22. The van der Waals surface area contributed by atoms with Crippen LogP contribution >= 0.6 is 0 Å². The molecule has 0 spiro atoms. The van der Waals surface area contributed by atoms with E-state index in [0.29, 0.717) is 5.41 Å². The van der Waals surface area contributed by atoms with Crippen LogP contribution in [0.5, 0.6) is 0 Å². The normalized spacial score (nSPS) is 17.2. The van der Waals surface area contributed by atoms with Gasteiger partial charge in [0, 0.05) is 0 Å². The highest BCUT2D eigenvalue weighted by Gasteiger charge is 2.19. The highest BCUT2D eigenvalue weighted by Crippen LogP contribution is 2.25. The number of carbonyl (C=O) groups is 1. The number of hydrogen-bond acceptors (Lipinski definition) is 3. The van der Waals surface area contributed by atoms with Gasteiger partial charge in [-0.1, -0.05) is 13.8 Å². The molecule has 0 unspecified atom stereocenters. The first-order chi connectivity index (χ1) is 8.44. The van der Waals surface area contributed by atoms with Crippen molar-refractivity contribution in [2.75, 3.05) is 13.1 Å². The van der Waals surface area contributed by atoms with E-state index in [4.69, 9.17) is 11.7 Å². The monoisotopic (exact) mass is 250 g/mol. The van der Waals surface area contributed by atoms with Crippen molar-refractivity contribution in [1.29, 1.82) is 0 Å². The summed E-state index contributed by atoms with van der Waals surface area (Å²) in [7, 11) is 0. The molecule has 1 aliphatic rings. The van der Waals surface area contributed by atoms with Crippen LogP contribution in [0.15, 0.2) is 16.5 Å². The number of nitrogens with zero attached hydrogens (tertiary/aromatic N) is 1. The maximum absolute atomic E-state index is 10.1. The first kappa shape index (κ1) is 14.3. The predicted molar refractivity (Wildman–Crippen MR) is 67.8 cm³/mol. The largest absolute Gasteiger partial charge is 0.475 e. The number of nitrogens with one attached hydrogen (secondary N) is 1. The maximum Gasteiger partial charge on any atom is 0.370 e. The average Bonchev–Trinajstić information content (AvgIpc) is 2.78. The fourth-order valence-electron chi connectivity index (χ4n) is 1.61. The number of rotatable bonds is 1. The summed E-state index contributed by atoms with van der Waals surface area (Å²) in [5.74, 6) is -1.36. The minimum absolute atomic E-state index is 0.00241. The number of carboxylic acids is 1. The van der Waals surface area contributed by atoms with Crippen molar-refractivity contribution < 1.29 is 14.3 Å². The lowest BCUT2D eigenvalue weighted by atomic mass is 9.83. The molecule has 98 valence electrons. The summed E-state index contributed by atoms with van der Waals surface area (Å²) in [6, 6.07) is 2.56. The third-order valence-corrected chi connectivity index (χ3v) is 2.87. The number of piperidine rings is 1. The van der Waals surface area contributed by atoms with Gasteiger partial charge in [0.15, 0.2) is 5.76 Å². The number of aromatic carboxylic acids is 1. The van der Waals surface area contributed by atoms with Crippen molar-refractivity contribution in [2.45, 2.75) is 26.7 Å². The van der Waals surface area contributed by atoms with E-state index in [1.165, 1.54) is 38.1 Å². The summed E-state index contributed by atoms with van der Waals surface area (Å²) in [6.07, 6.45) is 2.68. The summed E-state index contributed by atoms with van der Waals surface area (Å²) in [5.41, 5.74) is 0.616. The highest BCUT2D eigenvalue weighted by molar-refractivity contribution is 5.84. The lowest BCUT2D eigenvalue weighted by molar-refractivity contribution is 0.0664. The van der Waals surface area contributed by atoms with Crippen molar-refractivity contribution in [2.24, 2.45) is 5.41 Å². The highest BCUT2D eigenvalue weighted by atomic mass is 16.4. The third-order valence-electron chi connectivity index (χ3n) is 2.87. The Labute approximate surface area is 107 Å². The molecule has 1 aromatic heterocycles. The van der Waals surface area contributed by atoms with Gasteiger partial charge in [-0.25, -0.2) is 4.79 Å². The molecule has 0 saturated carbocycles. The Morgan fingerprint density at radius 1 is 1.44 bits per heavy atom. The molecular weight excluding hydrogens is 232 g/mol. The van der Waals surface area contributed by atoms with Crippen LogP contribution in [0, 0.1) is 12.0 Å². The van der Waals surface area contributed by atoms with E-state index >= 15 is 0 Å². The van der Waals surface area contributed by atoms with Gasteiger partial charge in [-0.2, -0.15) is 4.85 Å². The van der Waals surface area contributed by atoms with E-state index in [9.17, 15) is 4.79 Å². The van der Waals surface area contributed by atoms with Crippen molar-refractivity contribution in [3.63, 3.8) is 0 Å². The second-order valence-electron chi connectivity index (χ2n) is 4.97. The van der Waals surface area contributed by atoms with Gasteiger partial charge in [0.1, 0.15) is 0 Å². The van der Waals surface area contributed by atoms with Gasteiger partial charge in [-0.3, -0.25) is 0 Å². The molecule has 0 atom stereocenters. The molecule has 1 saturated heterocycles. The molecule has 5 nitrogen and oxygen atoms in total. The van der Waals surface area contributed by atoms with Crippen molar-refractivity contribution in [3.05, 3.63) is 29.3 Å². The van der Waals surface area contributed by atoms with Gasteiger partial charge in [0.25, 0.3) is 0 Å². The molecule has 1 aromatic rings. The SMILES string of the molecule is CC1(C)CCNCC1.[C-]#[N+]c1ccc(C(=O)O)o1. The Balaban J connectivity index is 0.000000184. The van der Waals surface area contributed by atoms with E-state index < -0.39 is 5.97 Å². The van der Waals surface area contributed by atoms with E-state index in [-0.39, 0.29) is 11.6 Å². The second-order valence-corrected chi connectivity index (χ2v) is 4.97. The predicted octanol–water partition coefficient (Wildman–Crippen LogP) is 2.92. The molecule has 2 heterocycles. The Hall–Kier alpha value is -1.80. The van der Waals surface area contributed by atoms with Gasteiger partial charge in [0.2, 0.25) is 0 Å². The van der Waals surface area contributed by atoms with Gasteiger partial charge in [-0.15, -0.1) is 0 Å². The Bertz CT molecular complexity index is 435. The molecule has 18 heavy (non-hydrogen) atoms. The summed E-state index contributed by atoms with van der Waals surface area (Å²) in [6.45, 7) is 13.5. The first-order valence-electron chi connectivity index (χ1n) is 5.86. The summed E-state index contributed by atoms with van der Waals surface area (Å²) < 4.78 is 4.54. The van der Waals surface area contributed by atoms with Crippen LogP contribution in [0.4, 0.5) is 5.88 Å². The molecule has 0 aliphatic carbocycles. The van der Waals surface area contributed by atoms with Crippen LogP contribution < -0.4 is 5.32 Å². The standard InChI is InChI=1S/C7H15N.C6H3NO3/c1-7(2)3-5-8-6-4-7;1-7-5-3-2-4(10-5)6(8)9/h8H,3-6H2,1-2H3;2-3H,(H,8,9). The molecule has 5 heteroatoms. The minimum Gasteiger partial charge on any atom is -0.475 e. The van der Waals surface area contributed by atoms with Crippen molar-refractivity contribution in [1.82, 2.24) is 5.32 Å². The van der Waals surface area contributed by atoms with Gasteiger partial charge < -0.3 is 14.8 Å². The van der Waals surface area contributed by atoms with Crippen LogP contribution in [0.3, 0.4) is 0 Å². The third kappa shape index (κ3) is 4.60. The van der Waals surface area contributed by atoms with E-state index in [1.807, 2.05) is 0 Å². The van der Waals surface area contributed by atoms with Crippen LogP contribution in [0.2, 0.25) is 0 Å². The first-order valence-corrected chi connectivity index (χ1v) is 5.86. The summed E-state index contributed by atoms with van der Waals surface area (Å²) >= 11 is 0. The topological polar surface area (TPSA) is 66.8 Å². The molecule has 0 radical (unpaired) electrons. The zero-order chi connectivity index (χ0) is 13.6. The fourth-order valence-corrected chi connectivity index (χ4v) is 1.61. The lowest BCUT2D eigenvalue weighted by Gasteiger charge is -2.29. The number of hydrogen-bond donors (Lipinski definition) is 2. The number of carboxylic acid groups (broad SMARTS) is 1. The maximum atomic E-state index is 10.1. The van der Waals surface area contributed by atoms with Gasteiger partial charge in [-0.05, 0) is 43.5 Å². The lowest BCUT2D eigenvalue weighted by Crippen LogP contribution is -2.32. The molecule has 1 aliphatic heterocycles. The molecule has 2 N–H and O–H groups in total. The molecular formula is C13H18N2O3. The zero-order valence-corrected chi connectivity index (χ0v) is 10.7. The minimum atomic E-state index is -1.16. The molecule has 1 fully saturated rings. The molecule has 0 aromatic carbocycles. The van der Waals surface area contributed by atoms with E-state index in [2.05, 4.69) is 28.4 Å². The van der Waals surface area contributed by atoms with Gasteiger partial charge >= 0.3 is 11.9 Å². The van der Waals surface area contributed by atoms with Crippen LogP contribution in [0.25, 0.3) is 4.85 Å². The van der Waals surface area contributed by atoms with Crippen molar-refractivity contribution in [3.8, 4) is 0 Å². The quantitative estimate of drug-likeness (QED) is 0.752. The molecule has 0 amide bonds. The Morgan fingerprint density at radius 3 is 2.33 bits per heavy atom. The van der Waals surface area contributed by atoms with Crippen LogP contribution in [0.1, 0.15) is 37.2 Å². The molecule has 0 bridgehead atoms. The fraction of sp³-hybridized carbons (Fsp3) is 0.538. The Morgan fingerprint density at radius 2 is 2.06 bits per heavy atom. The summed E-state index contributed by atoms with van der Waals surface area (Å²) in [4.78, 5) is 13.0. The van der Waals surface area contributed by atoms with Crippen LogP contribution in [-0.2, 0) is 0 Å². The zero-order valence-electron chi connectivity index (χ0n) is 10.7. The van der Waals surface area contributed by atoms with Crippen LogP contribution in [-0.4, -0.2) is 24.2 Å². The molecule has 2 rings (SSSR count). The van der Waals surface area contributed by atoms with E-state index in [0.717, 1.165) is 0 Å². The summed E-state index contributed by atoms with van der Waals surface area (Å²) in [5, 5.41) is 11.6. The Kier molecular flexibility index (Phi) is 4.93. The van der Waals surface area contributed by atoms with Crippen molar-refractivity contribution >= 4 is 11.9 Å². The van der Waals surface area contributed by atoms with Gasteiger partial charge in [0.05, 0.1) is 6.57 Å².